The lowest BCUT2D eigenvalue weighted by Crippen LogP contribution is -2.22. The van der Waals surface area contributed by atoms with Crippen LogP contribution in [-0.4, -0.2) is 9.67 Å². The predicted molar refractivity (Wildman–Crippen MR) is 65.4 cm³/mol. The maximum Gasteiger partial charge on any atom is 0.290 e. The van der Waals surface area contributed by atoms with Crippen LogP contribution >= 0.6 is 0 Å². The van der Waals surface area contributed by atoms with Gasteiger partial charge in [0.05, 0.1) is 12.6 Å². The van der Waals surface area contributed by atoms with Crippen molar-refractivity contribution in [1.82, 2.24) is 4.57 Å². The second-order valence-corrected chi connectivity index (χ2v) is 4.31. The van der Waals surface area contributed by atoms with Crippen LogP contribution in [0.5, 0.6) is 0 Å². The number of halogens is 2. The number of aromatic nitrogens is 1. The number of hydrogen-bond acceptors (Lipinski definition) is 1. The summed E-state index contributed by atoms with van der Waals surface area (Å²) in [6, 6.07) is 11.0. The quantitative estimate of drug-likeness (QED) is 0.885. The summed E-state index contributed by atoms with van der Waals surface area (Å²) in [5.74, 6) is -2.95. The molecule has 2 nitrogen and oxygen atoms in total. The molecule has 1 heterocycles. The second-order valence-electron chi connectivity index (χ2n) is 4.31. The van der Waals surface area contributed by atoms with E-state index < -0.39 is 18.6 Å². The molecule has 96 valence electrons. The van der Waals surface area contributed by atoms with Crippen LogP contribution in [0, 0.1) is 0 Å². The van der Waals surface area contributed by atoms with Crippen LogP contribution in [0.4, 0.5) is 8.78 Å². The standard InChI is InChI=1S/C14H15F2NO/c1-11(18)13-8-5-9-17(13)10-14(15,16)12-6-3-2-4-7-12/h2-9,11,18H,10H2,1H3. The van der Waals surface area contributed by atoms with Gasteiger partial charge < -0.3 is 9.67 Å². The van der Waals surface area contributed by atoms with Gasteiger partial charge in [-0.3, -0.25) is 0 Å². The molecule has 0 aliphatic rings. The topological polar surface area (TPSA) is 25.2 Å². The highest BCUT2D eigenvalue weighted by Gasteiger charge is 2.32. The summed E-state index contributed by atoms with van der Waals surface area (Å²) in [5, 5.41) is 9.50. The maximum atomic E-state index is 14.1. The Hall–Kier alpha value is -1.68. The van der Waals surface area contributed by atoms with Crippen molar-refractivity contribution in [2.75, 3.05) is 0 Å². The molecule has 1 aromatic carbocycles. The monoisotopic (exact) mass is 251 g/mol. The fourth-order valence-electron chi connectivity index (χ4n) is 1.94. The third-order valence-electron chi connectivity index (χ3n) is 2.86. The summed E-state index contributed by atoms with van der Waals surface area (Å²) in [4.78, 5) is 0. The Morgan fingerprint density at radius 1 is 1.17 bits per heavy atom. The SMILES string of the molecule is CC(O)c1cccn1CC(F)(F)c1ccccc1. The van der Waals surface area contributed by atoms with E-state index in [1.807, 2.05) is 0 Å². The number of hydrogen-bond donors (Lipinski definition) is 1. The summed E-state index contributed by atoms with van der Waals surface area (Å²) >= 11 is 0. The molecule has 0 bridgehead atoms. The minimum absolute atomic E-state index is 0.0183. The van der Waals surface area contributed by atoms with Gasteiger partial charge in [-0.15, -0.1) is 0 Å². The van der Waals surface area contributed by atoms with Gasteiger partial charge in [-0.25, -0.2) is 0 Å². The third-order valence-corrected chi connectivity index (χ3v) is 2.86. The lowest BCUT2D eigenvalue weighted by molar-refractivity contribution is -0.0240. The molecule has 1 unspecified atom stereocenters. The van der Waals surface area contributed by atoms with Gasteiger partial charge in [0, 0.05) is 17.5 Å². The Bertz CT molecular complexity index is 506. The highest BCUT2D eigenvalue weighted by atomic mass is 19.3. The van der Waals surface area contributed by atoms with Crippen molar-refractivity contribution in [2.45, 2.75) is 25.5 Å². The minimum atomic E-state index is -2.95. The first-order chi connectivity index (χ1) is 8.50. The third kappa shape index (κ3) is 2.59. The van der Waals surface area contributed by atoms with Gasteiger partial charge in [-0.2, -0.15) is 8.78 Å². The van der Waals surface area contributed by atoms with Crippen molar-refractivity contribution in [3.05, 3.63) is 59.9 Å². The number of rotatable bonds is 4. The van der Waals surface area contributed by atoms with Crippen LogP contribution in [0.15, 0.2) is 48.7 Å². The number of alkyl halides is 2. The molecule has 1 N–H and O–H groups in total. The van der Waals surface area contributed by atoms with E-state index in [0.717, 1.165) is 0 Å². The molecule has 1 atom stereocenters. The van der Waals surface area contributed by atoms with Gasteiger partial charge in [0.2, 0.25) is 0 Å². The van der Waals surface area contributed by atoms with Gasteiger partial charge in [-0.1, -0.05) is 30.3 Å². The van der Waals surface area contributed by atoms with Gasteiger partial charge in [0.15, 0.2) is 0 Å². The van der Waals surface area contributed by atoms with Gasteiger partial charge in [0.1, 0.15) is 0 Å². The summed E-state index contributed by atoms with van der Waals surface area (Å²) in [5.41, 5.74) is 0.473. The van der Waals surface area contributed by atoms with E-state index >= 15 is 0 Å². The molecule has 2 rings (SSSR count). The fraction of sp³-hybridized carbons (Fsp3) is 0.286. The Labute approximate surface area is 104 Å². The zero-order valence-electron chi connectivity index (χ0n) is 10.1. The Kier molecular flexibility index (Phi) is 3.48. The van der Waals surface area contributed by atoms with Crippen LogP contribution < -0.4 is 0 Å². The Balaban J connectivity index is 2.25. The Morgan fingerprint density at radius 2 is 1.83 bits per heavy atom. The molecule has 0 saturated carbocycles. The maximum absolute atomic E-state index is 14.1. The number of aliphatic hydroxyl groups excluding tert-OH is 1. The van der Waals surface area contributed by atoms with Crippen molar-refractivity contribution in [3.8, 4) is 0 Å². The van der Waals surface area contributed by atoms with E-state index in [1.165, 1.54) is 16.7 Å². The van der Waals surface area contributed by atoms with Gasteiger partial charge in [0.25, 0.3) is 5.92 Å². The van der Waals surface area contributed by atoms with E-state index in [2.05, 4.69) is 0 Å². The molecule has 0 aliphatic heterocycles. The average Bonchev–Trinajstić information content (AvgIpc) is 2.78. The first-order valence-corrected chi connectivity index (χ1v) is 5.77. The zero-order valence-corrected chi connectivity index (χ0v) is 10.1. The molecule has 18 heavy (non-hydrogen) atoms. The van der Waals surface area contributed by atoms with E-state index in [9.17, 15) is 13.9 Å². The van der Waals surface area contributed by atoms with Gasteiger partial charge in [-0.05, 0) is 19.1 Å². The van der Waals surface area contributed by atoms with Gasteiger partial charge >= 0.3 is 0 Å². The minimum Gasteiger partial charge on any atom is -0.387 e. The van der Waals surface area contributed by atoms with E-state index in [0.29, 0.717) is 5.69 Å². The Morgan fingerprint density at radius 3 is 2.44 bits per heavy atom. The predicted octanol–water partition coefficient (Wildman–Crippen LogP) is 3.33. The molecule has 2 aromatic rings. The molecule has 0 saturated heterocycles. The van der Waals surface area contributed by atoms with Crippen LogP contribution in [0.2, 0.25) is 0 Å². The van der Waals surface area contributed by atoms with Crippen LogP contribution in [0.25, 0.3) is 0 Å². The van der Waals surface area contributed by atoms with E-state index in [1.54, 1.807) is 43.5 Å². The highest BCUT2D eigenvalue weighted by molar-refractivity contribution is 5.20. The summed E-state index contributed by atoms with van der Waals surface area (Å²) in [6.07, 6.45) is 0.797. The summed E-state index contributed by atoms with van der Waals surface area (Å²) < 4.78 is 29.5. The van der Waals surface area contributed by atoms with Crippen molar-refractivity contribution >= 4 is 0 Å². The molecular weight excluding hydrogens is 236 g/mol. The molecule has 0 aliphatic carbocycles. The zero-order chi connectivity index (χ0) is 13.2. The molecule has 0 amide bonds. The van der Waals surface area contributed by atoms with Crippen molar-refractivity contribution in [1.29, 1.82) is 0 Å². The molecule has 1 aromatic heterocycles. The van der Waals surface area contributed by atoms with E-state index in [-0.39, 0.29) is 5.56 Å². The van der Waals surface area contributed by atoms with E-state index in [4.69, 9.17) is 0 Å². The second kappa shape index (κ2) is 4.90. The van der Waals surface area contributed by atoms with Crippen LogP contribution in [0.3, 0.4) is 0 Å². The largest absolute Gasteiger partial charge is 0.387 e. The molecular formula is C14H15F2NO. The number of aliphatic hydroxyl groups is 1. The molecule has 0 spiro atoms. The molecule has 4 heteroatoms. The number of benzene rings is 1. The van der Waals surface area contributed by atoms with Crippen molar-refractivity contribution in [3.63, 3.8) is 0 Å². The highest BCUT2D eigenvalue weighted by Crippen LogP contribution is 2.30. The fourth-order valence-corrected chi connectivity index (χ4v) is 1.94. The van der Waals surface area contributed by atoms with Crippen LogP contribution in [0.1, 0.15) is 24.3 Å². The first kappa shape index (κ1) is 12.8. The summed E-state index contributed by atoms with van der Waals surface area (Å²) in [6.45, 7) is 1.09. The molecule has 0 radical (unpaired) electrons. The lowest BCUT2D eigenvalue weighted by Gasteiger charge is -2.20. The lowest BCUT2D eigenvalue weighted by atomic mass is 10.1. The number of nitrogens with zero attached hydrogens (tertiary/aromatic N) is 1. The molecule has 0 fully saturated rings. The van der Waals surface area contributed by atoms with Crippen LogP contribution in [-0.2, 0) is 12.5 Å². The van der Waals surface area contributed by atoms with Crippen molar-refractivity contribution < 1.29 is 13.9 Å². The smallest absolute Gasteiger partial charge is 0.290 e. The first-order valence-electron chi connectivity index (χ1n) is 5.77. The summed E-state index contributed by atoms with van der Waals surface area (Å²) in [7, 11) is 0. The van der Waals surface area contributed by atoms with Crippen molar-refractivity contribution in [2.24, 2.45) is 0 Å². The average molecular weight is 251 g/mol. The normalized spacial score (nSPS) is 13.6.